The van der Waals surface area contributed by atoms with E-state index in [2.05, 4.69) is 30.2 Å². The third kappa shape index (κ3) is 3.44. The lowest BCUT2D eigenvalue weighted by Gasteiger charge is -2.25. The number of carbonyl (C=O) groups is 1. The third-order valence-corrected chi connectivity index (χ3v) is 3.92. The molecule has 1 unspecified atom stereocenters. The zero-order valence-corrected chi connectivity index (χ0v) is 13.4. The molecule has 2 aromatic heterocycles. The summed E-state index contributed by atoms with van der Waals surface area (Å²) >= 11 is 0. The van der Waals surface area contributed by atoms with Crippen LogP contribution in [-0.4, -0.2) is 32.4 Å². The summed E-state index contributed by atoms with van der Waals surface area (Å²) in [7, 11) is 0. The quantitative estimate of drug-likeness (QED) is 0.922. The Bertz CT molecular complexity index is 690. The van der Waals surface area contributed by atoms with Gasteiger partial charge in [0.2, 0.25) is 11.9 Å². The molecule has 7 nitrogen and oxygen atoms in total. The molecule has 2 aromatic rings. The van der Waals surface area contributed by atoms with Gasteiger partial charge < -0.3 is 10.2 Å². The van der Waals surface area contributed by atoms with Crippen LogP contribution in [0.25, 0.3) is 0 Å². The fraction of sp³-hybridized carbons (Fsp3) is 0.438. The number of aryl methyl sites for hydroxylation is 1. The molecule has 3 heterocycles. The molecule has 7 heteroatoms. The molecule has 1 amide bonds. The Morgan fingerprint density at radius 3 is 2.87 bits per heavy atom. The monoisotopic (exact) mass is 312 g/mol. The molecule has 0 aromatic carbocycles. The molecule has 0 spiro atoms. The molecule has 1 atom stereocenters. The van der Waals surface area contributed by atoms with Gasteiger partial charge in [-0.1, -0.05) is 0 Å². The molecule has 23 heavy (non-hydrogen) atoms. The van der Waals surface area contributed by atoms with E-state index >= 15 is 0 Å². The summed E-state index contributed by atoms with van der Waals surface area (Å²) in [5.74, 6) is 1.38. The smallest absolute Gasteiger partial charge is 0.225 e. The number of aromatic nitrogens is 4. The highest BCUT2D eigenvalue weighted by atomic mass is 16.1. The topological polar surface area (TPSA) is 83.9 Å². The average molecular weight is 312 g/mol. The van der Waals surface area contributed by atoms with Gasteiger partial charge in [-0.05, 0) is 25.8 Å². The van der Waals surface area contributed by atoms with Crippen LogP contribution in [0.1, 0.15) is 42.9 Å². The van der Waals surface area contributed by atoms with E-state index in [1.807, 2.05) is 13.0 Å². The summed E-state index contributed by atoms with van der Waals surface area (Å²) in [5, 5.41) is 2.83. The van der Waals surface area contributed by atoms with Crippen molar-refractivity contribution < 1.29 is 4.79 Å². The van der Waals surface area contributed by atoms with E-state index in [0.717, 1.165) is 42.4 Å². The van der Waals surface area contributed by atoms with Crippen LogP contribution in [0.2, 0.25) is 0 Å². The Kier molecular flexibility index (Phi) is 4.45. The second kappa shape index (κ2) is 6.68. The zero-order valence-electron chi connectivity index (χ0n) is 13.4. The van der Waals surface area contributed by atoms with Crippen LogP contribution in [0.5, 0.6) is 0 Å². The zero-order chi connectivity index (χ0) is 16.2. The number of hydrogen-bond donors (Lipinski definition) is 1. The molecular formula is C16H20N6O. The van der Waals surface area contributed by atoms with Gasteiger partial charge in [0, 0.05) is 44.2 Å². The lowest BCUT2D eigenvalue weighted by Crippen LogP contribution is -2.28. The first kappa shape index (κ1) is 15.3. The highest BCUT2D eigenvalue weighted by molar-refractivity contribution is 5.72. The third-order valence-electron chi connectivity index (χ3n) is 3.92. The highest BCUT2D eigenvalue weighted by Gasteiger charge is 2.31. The van der Waals surface area contributed by atoms with Crippen molar-refractivity contribution in [2.24, 2.45) is 0 Å². The summed E-state index contributed by atoms with van der Waals surface area (Å²) in [5.41, 5.74) is 1.90. The van der Waals surface area contributed by atoms with Crippen LogP contribution in [0, 0.1) is 6.92 Å². The summed E-state index contributed by atoms with van der Waals surface area (Å²) in [4.78, 5) is 31.1. The van der Waals surface area contributed by atoms with Gasteiger partial charge in [0.05, 0.1) is 11.7 Å². The number of carbonyl (C=O) groups excluding carboxylic acids is 1. The van der Waals surface area contributed by atoms with E-state index in [9.17, 15) is 4.79 Å². The number of nitrogens with zero attached hydrogens (tertiary/aromatic N) is 5. The first-order valence-electron chi connectivity index (χ1n) is 7.75. The van der Waals surface area contributed by atoms with Crippen LogP contribution in [0.4, 0.5) is 5.95 Å². The first-order chi connectivity index (χ1) is 11.1. The van der Waals surface area contributed by atoms with Crippen LogP contribution in [0.3, 0.4) is 0 Å². The van der Waals surface area contributed by atoms with E-state index in [4.69, 9.17) is 0 Å². The summed E-state index contributed by atoms with van der Waals surface area (Å²) in [6, 6.07) is 1.92. The predicted molar refractivity (Wildman–Crippen MR) is 85.6 cm³/mol. The molecule has 1 aliphatic heterocycles. The maximum atomic E-state index is 11.2. The Labute approximate surface area is 135 Å². The van der Waals surface area contributed by atoms with Crippen molar-refractivity contribution in [3.63, 3.8) is 0 Å². The lowest BCUT2D eigenvalue weighted by molar-refractivity contribution is -0.119. The van der Waals surface area contributed by atoms with Gasteiger partial charge in [-0.25, -0.2) is 19.9 Å². The standard InChI is InChI=1S/C16H20N6O/c1-11-19-9-13(10-20-12(2)23)15(21-11)14-5-3-8-22(14)16-17-6-4-7-18-16/h4,6-7,9,14H,3,5,8,10H2,1-2H3,(H,20,23). The van der Waals surface area contributed by atoms with Crippen molar-refractivity contribution in [1.82, 2.24) is 25.3 Å². The minimum atomic E-state index is -0.0637. The molecule has 0 bridgehead atoms. The molecule has 3 rings (SSSR count). The number of anilines is 1. The number of rotatable bonds is 4. The van der Waals surface area contributed by atoms with Crippen molar-refractivity contribution in [1.29, 1.82) is 0 Å². The van der Waals surface area contributed by atoms with Gasteiger partial charge in [0.1, 0.15) is 5.82 Å². The van der Waals surface area contributed by atoms with E-state index in [1.165, 1.54) is 6.92 Å². The van der Waals surface area contributed by atoms with Crippen LogP contribution in [0.15, 0.2) is 24.7 Å². The van der Waals surface area contributed by atoms with Crippen molar-refractivity contribution in [3.8, 4) is 0 Å². The molecule has 1 aliphatic rings. The van der Waals surface area contributed by atoms with Gasteiger partial charge >= 0.3 is 0 Å². The fourth-order valence-corrected chi connectivity index (χ4v) is 2.89. The molecule has 0 saturated carbocycles. The van der Waals surface area contributed by atoms with Crippen LogP contribution < -0.4 is 10.2 Å². The minimum absolute atomic E-state index is 0.0637. The molecule has 0 aliphatic carbocycles. The van der Waals surface area contributed by atoms with Crippen LogP contribution in [-0.2, 0) is 11.3 Å². The largest absolute Gasteiger partial charge is 0.352 e. The maximum absolute atomic E-state index is 11.2. The maximum Gasteiger partial charge on any atom is 0.225 e. The number of hydrogen-bond acceptors (Lipinski definition) is 6. The first-order valence-corrected chi connectivity index (χ1v) is 7.75. The normalized spacial score (nSPS) is 17.3. The van der Waals surface area contributed by atoms with Crippen molar-refractivity contribution in [3.05, 3.63) is 41.7 Å². The fourth-order valence-electron chi connectivity index (χ4n) is 2.89. The second-order valence-electron chi connectivity index (χ2n) is 5.64. The summed E-state index contributed by atoms with van der Waals surface area (Å²) in [6.45, 7) is 4.72. The Hall–Kier alpha value is -2.57. The molecular weight excluding hydrogens is 292 g/mol. The van der Waals surface area contributed by atoms with E-state index in [-0.39, 0.29) is 11.9 Å². The highest BCUT2D eigenvalue weighted by Crippen LogP contribution is 2.34. The Balaban J connectivity index is 1.93. The average Bonchev–Trinajstić information content (AvgIpc) is 3.03. The Morgan fingerprint density at radius 2 is 2.13 bits per heavy atom. The number of nitrogens with one attached hydrogen (secondary N) is 1. The van der Waals surface area contributed by atoms with Gasteiger partial charge in [-0.2, -0.15) is 0 Å². The van der Waals surface area contributed by atoms with Gasteiger partial charge in [0.25, 0.3) is 0 Å². The summed E-state index contributed by atoms with van der Waals surface area (Å²) in [6.07, 6.45) is 7.35. The molecule has 1 saturated heterocycles. The lowest BCUT2D eigenvalue weighted by atomic mass is 10.1. The Morgan fingerprint density at radius 1 is 1.35 bits per heavy atom. The SMILES string of the molecule is CC(=O)NCc1cnc(C)nc1C1CCCN1c1ncccn1. The molecule has 120 valence electrons. The molecule has 1 N–H and O–H groups in total. The van der Waals surface area contributed by atoms with E-state index < -0.39 is 0 Å². The van der Waals surface area contributed by atoms with E-state index in [1.54, 1.807) is 18.6 Å². The molecule has 1 fully saturated rings. The van der Waals surface area contributed by atoms with Crippen molar-refractivity contribution in [2.45, 2.75) is 39.3 Å². The van der Waals surface area contributed by atoms with Crippen molar-refractivity contribution >= 4 is 11.9 Å². The van der Waals surface area contributed by atoms with Gasteiger partial charge in [-0.15, -0.1) is 0 Å². The van der Waals surface area contributed by atoms with E-state index in [0.29, 0.717) is 6.54 Å². The summed E-state index contributed by atoms with van der Waals surface area (Å²) < 4.78 is 0. The van der Waals surface area contributed by atoms with Crippen LogP contribution >= 0.6 is 0 Å². The van der Waals surface area contributed by atoms with Gasteiger partial charge in [-0.3, -0.25) is 4.79 Å². The van der Waals surface area contributed by atoms with Crippen molar-refractivity contribution in [2.75, 3.05) is 11.4 Å². The molecule has 0 radical (unpaired) electrons. The second-order valence-corrected chi connectivity index (χ2v) is 5.64. The van der Waals surface area contributed by atoms with Gasteiger partial charge in [0.15, 0.2) is 0 Å². The number of amides is 1. The minimum Gasteiger partial charge on any atom is -0.352 e. The predicted octanol–water partition coefficient (Wildman–Crippen LogP) is 1.55.